The molecule has 8 heteroatoms. The molecular formula is C22H26N6O2. The quantitative estimate of drug-likeness (QED) is 0.610. The predicted molar refractivity (Wildman–Crippen MR) is 114 cm³/mol. The Labute approximate surface area is 173 Å². The van der Waals surface area contributed by atoms with Gasteiger partial charge in [0.1, 0.15) is 5.39 Å². The van der Waals surface area contributed by atoms with E-state index in [1.54, 1.807) is 0 Å². The molecule has 0 amide bonds. The Balaban J connectivity index is 1.32. The largest absolute Gasteiger partial charge is 0.379 e. The van der Waals surface area contributed by atoms with Crippen LogP contribution in [-0.4, -0.2) is 52.5 Å². The smallest absolute Gasteiger partial charge is 0.263 e. The summed E-state index contributed by atoms with van der Waals surface area (Å²) < 4.78 is 5.61. The molecule has 2 saturated heterocycles. The Morgan fingerprint density at radius 1 is 1.13 bits per heavy atom. The van der Waals surface area contributed by atoms with E-state index in [2.05, 4.69) is 32.2 Å². The van der Waals surface area contributed by atoms with Crippen LogP contribution in [0.3, 0.4) is 0 Å². The monoisotopic (exact) mass is 406 g/mol. The first-order valence-corrected chi connectivity index (χ1v) is 10.7. The number of nitrogens with one attached hydrogen (secondary N) is 2. The summed E-state index contributed by atoms with van der Waals surface area (Å²) in [7, 11) is 0. The predicted octanol–water partition coefficient (Wildman–Crippen LogP) is 1.67. The van der Waals surface area contributed by atoms with Crippen molar-refractivity contribution >= 4 is 17.0 Å². The van der Waals surface area contributed by atoms with Crippen LogP contribution in [0.1, 0.15) is 36.9 Å². The molecule has 1 saturated carbocycles. The first-order chi connectivity index (χ1) is 14.6. The third-order valence-corrected chi connectivity index (χ3v) is 7.48. The second kappa shape index (κ2) is 6.39. The number of nitrogens with two attached hydrogens (primary N) is 1. The van der Waals surface area contributed by atoms with Crippen molar-refractivity contribution in [1.29, 1.82) is 0 Å². The fraction of sp³-hybridized carbons (Fsp3) is 0.500. The fourth-order valence-electron chi connectivity index (χ4n) is 5.32. The minimum absolute atomic E-state index is 0.0656. The van der Waals surface area contributed by atoms with Gasteiger partial charge in [-0.1, -0.05) is 30.3 Å². The molecule has 1 aliphatic carbocycles. The maximum absolute atomic E-state index is 13.1. The van der Waals surface area contributed by atoms with Crippen molar-refractivity contribution in [3.8, 4) is 0 Å². The van der Waals surface area contributed by atoms with Gasteiger partial charge in [0.05, 0.1) is 18.9 Å². The van der Waals surface area contributed by atoms with Crippen LogP contribution in [0, 0.1) is 5.41 Å². The van der Waals surface area contributed by atoms with Gasteiger partial charge in [0.2, 0.25) is 5.95 Å². The zero-order valence-electron chi connectivity index (χ0n) is 16.9. The Morgan fingerprint density at radius 3 is 2.57 bits per heavy atom. The molecule has 1 spiro atoms. The zero-order chi connectivity index (χ0) is 20.3. The highest BCUT2D eigenvalue weighted by Crippen LogP contribution is 2.53. The van der Waals surface area contributed by atoms with Gasteiger partial charge in [-0.25, -0.2) is 0 Å². The molecule has 6 rings (SSSR count). The van der Waals surface area contributed by atoms with Crippen LogP contribution in [0.2, 0.25) is 0 Å². The van der Waals surface area contributed by atoms with Gasteiger partial charge in [-0.2, -0.15) is 10.1 Å². The summed E-state index contributed by atoms with van der Waals surface area (Å²) in [5.41, 5.74) is 8.65. The molecule has 3 fully saturated rings. The SMILES string of the molecule is N[C@@H]1COCC12CCN(c1nc3[nH]nc(C4(c5ccccc5)CC4)c3c(=O)[nH]1)CC2. The van der Waals surface area contributed by atoms with Crippen molar-refractivity contribution in [2.24, 2.45) is 11.1 Å². The van der Waals surface area contributed by atoms with Crippen LogP contribution >= 0.6 is 0 Å². The molecule has 0 unspecified atom stereocenters. The molecular weight excluding hydrogens is 380 g/mol. The summed E-state index contributed by atoms with van der Waals surface area (Å²) in [5.74, 6) is 0.606. The van der Waals surface area contributed by atoms with Crippen LogP contribution in [0.5, 0.6) is 0 Å². The van der Waals surface area contributed by atoms with Crippen LogP contribution in [0.4, 0.5) is 5.95 Å². The maximum Gasteiger partial charge on any atom is 0.263 e. The number of ether oxygens (including phenoxy) is 1. The van der Waals surface area contributed by atoms with E-state index in [4.69, 9.17) is 15.5 Å². The minimum atomic E-state index is -0.175. The minimum Gasteiger partial charge on any atom is -0.379 e. The number of aromatic amines is 2. The number of piperidine rings is 1. The summed E-state index contributed by atoms with van der Waals surface area (Å²) in [4.78, 5) is 23.0. The van der Waals surface area contributed by atoms with Gasteiger partial charge in [-0.05, 0) is 31.2 Å². The average molecular weight is 406 g/mol. The third-order valence-electron chi connectivity index (χ3n) is 7.48. The average Bonchev–Trinajstić information content (AvgIpc) is 3.35. The number of anilines is 1. The van der Waals surface area contributed by atoms with Crippen molar-refractivity contribution < 1.29 is 4.74 Å². The molecule has 0 bridgehead atoms. The number of hydrogen-bond acceptors (Lipinski definition) is 6. The van der Waals surface area contributed by atoms with Gasteiger partial charge in [-0.15, -0.1) is 0 Å². The van der Waals surface area contributed by atoms with E-state index < -0.39 is 0 Å². The van der Waals surface area contributed by atoms with Crippen molar-refractivity contribution in [2.45, 2.75) is 37.1 Å². The van der Waals surface area contributed by atoms with Gasteiger partial charge in [0, 0.05) is 30.0 Å². The lowest BCUT2D eigenvalue weighted by atomic mass is 9.75. The molecule has 2 aliphatic heterocycles. The number of hydrogen-bond donors (Lipinski definition) is 3. The number of fused-ring (bicyclic) bond motifs is 1. The number of benzene rings is 1. The van der Waals surface area contributed by atoms with E-state index in [1.807, 2.05) is 18.2 Å². The maximum atomic E-state index is 13.1. The molecule has 3 aromatic rings. The number of H-pyrrole nitrogens is 2. The molecule has 1 atom stereocenters. The van der Waals surface area contributed by atoms with Gasteiger partial charge in [0.25, 0.3) is 5.56 Å². The van der Waals surface area contributed by atoms with Gasteiger partial charge in [-0.3, -0.25) is 14.9 Å². The molecule has 2 aromatic heterocycles. The first-order valence-electron chi connectivity index (χ1n) is 10.7. The van der Waals surface area contributed by atoms with Crippen molar-refractivity contribution in [3.05, 3.63) is 51.9 Å². The summed E-state index contributed by atoms with van der Waals surface area (Å²) in [6.45, 7) is 2.98. The van der Waals surface area contributed by atoms with Crippen molar-refractivity contribution in [1.82, 2.24) is 20.2 Å². The standard InChI is InChI=1S/C22H26N6O2/c23-15-12-30-13-21(15)8-10-28(11-9-21)20-24-18-16(19(29)25-20)17(26-27-18)22(6-7-22)14-4-2-1-3-5-14/h1-5,15H,6-13,23H2,(H2,24,25,26,27,29)/t15-/m1/s1. The summed E-state index contributed by atoms with van der Waals surface area (Å²) in [6.07, 6.45) is 3.88. The highest BCUT2D eigenvalue weighted by atomic mass is 16.5. The van der Waals surface area contributed by atoms with E-state index >= 15 is 0 Å². The number of aromatic nitrogens is 4. The number of nitrogens with zero attached hydrogens (tertiary/aromatic N) is 3. The van der Waals surface area contributed by atoms with Crippen LogP contribution in [-0.2, 0) is 10.2 Å². The second-order valence-electron chi connectivity index (χ2n) is 9.10. The zero-order valence-corrected chi connectivity index (χ0v) is 16.9. The normalized spacial score (nSPS) is 24.6. The van der Waals surface area contributed by atoms with Gasteiger partial charge >= 0.3 is 0 Å². The molecule has 1 aromatic carbocycles. The van der Waals surface area contributed by atoms with Crippen molar-refractivity contribution in [2.75, 3.05) is 31.2 Å². The first kappa shape index (κ1) is 18.1. The molecule has 4 heterocycles. The summed E-state index contributed by atoms with van der Waals surface area (Å²) in [5, 5.41) is 8.18. The van der Waals surface area contributed by atoms with E-state index in [0.717, 1.165) is 51.1 Å². The molecule has 0 radical (unpaired) electrons. The van der Waals surface area contributed by atoms with Gasteiger partial charge in [0.15, 0.2) is 5.65 Å². The van der Waals surface area contributed by atoms with E-state index in [1.165, 1.54) is 5.56 Å². The van der Waals surface area contributed by atoms with Crippen LogP contribution in [0.15, 0.2) is 35.1 Å². The Hall–Kier alpha value is -2.71. The molecule has 8 nitrogen and oxygen atoms in total. The lowest BCUT2D eigenvalue weighted by Crippen LogP contribution is -2.49. The lowest BCUT2D eigenvalue weighted by Gasteiger charge is -2.40. The topological polar surface area (TPSA) is 113 Å². The van der Waals surface area contributed by atoms with Crippen LogP contribution < -0.4 is 16.2 Å². The molecule has 3 aliphatic rings. The molecule has 156 valence electrons. The van der Waals surface area contributed by atoms with E-state index in [0.29, 0.717) is 23.6 Å². The summed E-state index contributed by atoms with van der Waals surface area (Å²) in [6, 6.07) is 10.4. The van der Waals surface area contributed by atoms with E-state index in [9.17, 15) is 4.79 Å². The Bertz CT molecular complexity index is 1140. The third kappa shape index (κ3) is 2.56. The summed E-state index contributed by atoms with van der Waals surface area (Å²) >= 11 is 0. The van der Waals surface area contributed by atoms with Gasteiger partial charge < -0.3 is 15.4 Å². The second-order valence-corrected chi connectivity index (χ2v) is 9.10. The van der Waals surface area contributed by atoms with Crippen molar-refractivity contribution in [3.63, 3.8) is 0 Å². The number of rotatable bonds is 3. The van der Waals surface area contributed by atoms with E-state index in [-0.39, 0.29) is 22.4 Å². The highest BCUT2D eigenvalue weighted by molar-refractivity contribution is 5.80. The Morgan fingerprint density at radius 2 is 1.90 bits per heavy atom. The Kier molecular flexibility index (Phi) is 3.85. The molecule has 4 N–H and O–H groups in total. The van der Waals surface area contributed by atoms with Crippen LogP contribution in [0.25, 0.3) is 11.0 Å². The molecule has 30 heavy (non-hydrogen) atoms. The highest BCUT2D eigenvalue weighted by Gasteiger charge is 2.49. The fourth-order valence-corrected chi connectivity index (χ4v) is 5.32. The lowest BCUT2D eigenvalue weighted by molar-refractivity contribution is 0.131.